The molecule has 0 radical (unpaired) electrons. The number of amides is 1. The number of carbonyl (C=O) groups is 2. The Labute approximate surface area is 169 Å². The summed E-state index contributed by atoms with van der Waals surface area (Å²) in [6.45, 7) is 12.1. The van der Waals surface area contributed by atoms with E-state index in [9.17, 15) is 9.59 Å². The maximum atomic E-state index is 12.9. The standard InChI is InChI=1S/C23H35N3O2/c1-17(2)14-20(27)19-6-5-11-26(16-19)22(28)18-7-8-21(24-15-18)25-12-9-23(3,4)10-13-25/h7-8,15,17,19H,5-6,9-14,16H2,1-4H3. The van der Waals surface area contributed by atoms with Gasteiger partial charge in [-0.1, -0.05) is 27.7 Å². The Hall–Kier alpha value is -1.91. The normalized spacial score (nSPS) is 22.4. The van der Waals surface area contributed by atoms with E-state index >= 15 is 0 Å². The van der Waals surface area contributed by atoms with Gasteiger partial charge in [0.15, 0.2) is 0 Å². The van der Waals surface area contributed by atoms with Crippen LogP contribution in [0.3, 0.4) is 0 Å². The summed E-state index contributed by atoms with van der Waals surface area (Å²) in [4.78, 5) is 34.1. The smallest absolute Gasteiger partial charge is 0.255 e. The Morgan fingerprint density at radius 2 is 1.89 bits per heavy atom. The van der Waals surface area contributed by atoms with Crippen molar-refractivity contribution in [1.82, 2.24) is 9.88 Å². The molecule has 0 aliphatic carbocycles. The molecule has 2 aliphatic heterocycles. The largest absolute Gasteiger partial charge is 0.357 e. The molecule has 0 spiro atoms. The van der Waals surface area contributed by atoms with Gasteiger partial charge in [0.1, 0.15) is 11.6 Å². The van der Waals surface area contributed by atoms with Gasteiger partial charge < -0.3 is 9.80 Å². The van der Waals surface area contributed by atoms with Crippen molar-refractivity contribution in [3.63, 3.8) is 0 Å². The van der Waals surface area contributed by atoms with Crippen LogP contribution in [0.1, 0.15) is 70.2 Å². The van der Waals surface area contributed by atoms with E-state index in [4.69, 9.17) is 0 Å². The minimum atomic E-state index is -0.0102. The summed E-state index contributed by atoms with van der Waals surface area (Å²) in [6, 6.07) is 3.86. The summed E-state index contributed by atoms with van der Waals surface area (Å²) >= 11 is 0. The lowest BCUT2D eigenvalue weighted by atomic mass is 9.83. The summed E-state index contributed by atoms with van der Waals surface area (Å²) in [5.41, 5.74) is 1.03. The van der Waals surface area contributed by atoms with Gasteiger partial charge in [-0.25, -0.2) is 4.98 Å². The first-order valence-electron chi connectivity index (χ1n) is 10.8. The second kappa shape index (κ2) is 8.62. The predicted molar refractivity (Wildman–Crippen MR) is 113 cm³/mol. The van der Waals surface area contributed by atoms with Crippen LogP contribution in [0.4, 0.5) is 5.82 Å². The molecule has 1 aromatic heterocycles. The molecule has 2 saturated heterocycles. The van der Waals surface area contributed by atoms with Crippen molar-refractivity contribution in [3.05, 3.63) is 23.9 Å². The molecule has 1 unspecified atom stereocenters. The Bertz CT molecular complexity index is 686. The molecule has 2 aliphatic rings. The Balaban J connectivity index is 1.60. The fraction of sp³-hybridized carbons (Fsp3) is 0.696. The Morgan fingerprint density at radius 1 is 1.18 bits per heavy atom. The number of rotatable bonds is 5. The van der Waals surface area contributed by atoms with Gasteiger partial charge >= 0.3 is 0 Å². The van der Waals surface area contributed by atoms with Gasteiger partial charge in [-0.3, -0.25) is 9.59 Å². The number of hydrogen-bond acceptors (Lipinski definition) is 4. The zero-order valence-electron chi connectivity index (χ0n) is 17.9. The molecule has 3 rings (SSSR count). The topological polar surface area (TPSA) is 53.5 Å². The quantitative estimate of drug-likeness (QED) is 0.763. The highest BCUT2D eigenvalue weighted by Crippen LogP contribution is 2.31. The monoisotopic (exact) mass is 385 g/mol. The van der Waals surface area contributed by atoms with Gasteiger partial charge in [-0.05, 0) is 49.1 Å². The van der Waals surface area contributed by atoms with Gasteiger partial charge in [0, 0.05) is 44.7 Å². The summed E-state index contributed by atoms with van der Waals surface area (Å²) in [5, 5.41) is 0. The number of hydrogen-bond donors (Lipinski definition) is 0. The van der Waals surface area contributed by atoms with Crippen LogP contribution in [0.25, 0.3) is 0 Å². The van der Waals surface area contributed by atoms with Crippen LogP contribution in [0, 0.1) is 17.3 Å². The molecule has 1 atom stereocenters. The van der Waals surface area contributed by atoms with Crippen molar-refractivity contribution < 1.29 is 9.59 Å². The van der Waals surface area contributed by atoms with E-state index in [0.29, 0.717) is 35.6 Å². The molecule has 28 heavy (non-hydrogen) atoms. The molecule has 0 aromatic carbocycles. The fourth-order valence-corrected chi connectivity index (χ4v) is 4.22. The van der Waals surface area contributed by atoms with Gasteiger partial charge in [-0.15, -0.1) is 0 Å². The van der Waals surface area contributed by atoms with Gasteiger partial charge in [0.05, 0.1) is 5.56 Å². The van der Waals surface area contributed by atoms with Crippen LogP contribution in [0.15, 0.2) is 18.3 Å². The van der Waals surface area contributed by atoms with Crippen LogP contribution in [0.5, 0.6) is 0 Å². The molecule has 5 heteroatoms. The second-order valence-electron chi connectivity index (χ2n) is 9.71. The molecule has 3 heterocycles. The maximum Gasteiger partial charge on any atom is 0.255 e. The summed E-state index contributed by atoms with van der Waals surface area (Å²) < 4.78 is 0. The third-order valence-electron chi connectivity index (χ3n) is 6.21. The predicted octanol–water partition coefficient (Wildman–Crippen LogP) is 4.18. The minimum absolute atomic E-state index is 0.000810. The van der Waals surface area contributed by atoms with E-state index in [1.165, 1.54) is 0 Å². The lowest BCUT2D eigenvalue weighted by Crippen LogP contribution is -2.42. The van der Waals surface area contributed by atoms with Gasteiger partial charge in [0.2, 0.25) is 0 Å². The van der Waals surface area contributed by atoms with Crippen LogP contribution in [0.2, 0.25) is 0 Å². The fourth-order valence-electron chi connectivity index (χ4n) is 4.22. The Kier molecular flexibility index (Phi) is 6.41. The molecule has 0 saturated carbocycles. The number of anilines is 1. The average molecular weight is 386 g/mol. The number of Topliss-reactive ketones (excluding diaryl/α,β-unsaturated/α-hetero) is 1. The zero-order chi connectivity index (χ0) is 20.3. The SMILES string of the molecule is CC(C)CC(=O)C1CCCN(C(=O)c2ccc(N3CCC(C)(C)CC3)nc2)C1. The maximum absolute atomic E-state index is 12.9. The molecular weight excluding hydrogens is 350 g/mol. The van der Waals surface area contributed by atoms with Crippen molar-refractivity contribution in [3.8, 4) is 0 Å². The number of likely N-dealkylation sites (tertiary alicyclic amines) is 1. The molecule has 0 bridgehead atoms. The van der Waals surface area contributed by atoms with Crippen LogP contribution < -0.4 is 4.90 Å². The molecule has 5 nitrogen and oxygen atoms in total. The van der Waals surface area contributed by atoms with E-state index < -0.39 is 0 Å². The highest BCUT2D eigenvalue weighted by Gasteiger charge is 2.29. The number of carbonyl (C=O) groups excluding carboxylic acids is 2. The molecule has 154 valence electrons. The molecule has 1 aromatic rings. The van der Waals surface area contributed by atoms with Crippen molar-refractivity contribution in [2.75, 3.05) is 31.1 Å². The van der Waals surface area contributed by atoms with Crippen molar-refractivity contribution in [2.24, 2.45) is 17.3 Å². The van der Waals surface area contributed by atoms with Crippen LogP contribution in [-0.2, 0) is 4.79 Å². The third kappa shape index (κ3) is 5.12. The summed E-state index contributed by atoms with van der Waals surface area (Å²) in [6.07, 6.45) is 6.43. The lowest BCUT2D eigenvalue weighted by molar-refractivity contribution is -0.124. The van der Waals surface area contributed by atoms with Crippen LogP contribution in [-0.4, -0.2) is 47.8 Å². The molecular formula is C23H35N3O2. The molecule has 1 amide bonds. The van der Waals surface area contributed by atoms with Crippen molar-refractivity contribution in [2.45, 2.75) is 59.8 Å². The summed E-state index contributed by atoms with van der Waals surface area (Å²) in [7, 11) is 0. The highest BCUT2D eigenvalue weighted by atomic mass is 16.2. The molecule has 2 fully saturated rings. The number of piperidine rings is 2. The first-order valence-corrected chi connectivity index (χ1v) is 10.8. The van der Waals surface area contributed by atoms with E-state index in [2.05, 4.69) is 37.6 Å². The minimum Gasteiger partial charge on any atom is -0.357 e. The Morgan fingerprint density at radius 3 is 2.50 bits per heavy atom. The number of pyridine rings is 1. The zero-order valence-corrected chi connectivity index (χ0v) is 17.9. The van der Waals surface area contributed by atoms with E-state index in [1.807, 2.05) is 17.0 Å². The molecule has 0 N–H and O–H groups in total. The van der Waals surface area contributed by atoms with E-state index in [0.717, 1.165) is 51.1 Å². The summed E-state index contributed by atoms with van der Waals surface area (Å²) in [5.74, 6) is 1.62. The van der Waals surface area contributed by atoms with Gasteiger partial charge in [0.25, 0.3) is 5.91 Å². The third-order valence-corrected chi connectivity index (χ3v) is 6.21. The second-order valence-corrected chi connectivity index (χ2v) is 9.71. The van der Waals surface area contributed by atoms with Crippen molar-refractivity contribution >= 4 is 17.5 Å². The van der Waals surface area contributed by atoms with Gasteiger partial charge in [-0.2, -0.15) is 0 Å². The van der Waals surface area contributed by atoms with E-state index in [1.54, 1.807) is 6.20 Å². The number of nitrogens with zero attached hydrogens (tertiary/aromatic N) is 3. The van der Waals surface area contributed by atoms with E-state index in [-0.39, 0.29) is 11.8 Å². The average Bonchev–Trinajstić information content (AvgIpc) is 2.67. The number of aromatic nitrogens is 1. The van der Waals surface area contributed by atoms with Crippen LogP contribution >= 0.6 is 0 Å². The first kappa shape index (κ1) is 20.8. The highest BCUT2D eigenvalue weighted by molar-refractivity contribution is 5.94. The first-order chi connectivity index (χ1) is 13.2. The lowest BCUT2D eigenvalue weighted by Gasteiger charge is -2.37. The van der Waals surface area contributed by atoms with Crippen molar-refractivity contribution in [1.29, 1.82) is 0 Å². The number of ketones is 1.